The van der Waals surface area contributed by atoms with Crippen LogP contribution in [0.4, 0.5) is 11.4 Å². The molecular weight excluding hydrogens is 428 g/mol. The molecule has 4 amide bonds. The van der Waals surface area contributed by atoms with Crippen molar-refractivity contribution in [1.29, 1.82) is 0 Å². The van der Waals surface area contributed by atoms with Crippen molar-refractivity contribution in [3.05, 3.63) is 59.7 Å². The lowest BCUT2D eigenvalue weighted by Gasteiger charge is -2.03. The predicted octanol–water partition coefficient (Wildman–Crippen LogP) is 1.22. The fraction of sp³-hybridized carbons (Fsp3) is 0.182. The Balaban J connectivity index is 1.63. The van der Waals surface area contributed by atoms with Gasteiger partial charge in [-0.1, -0.05) is 24.3 Å². The Morgan fingerprint density at radius 3 is 1.39 bits per heavy atom. The van der Waals surface area contributed by atoms with Crippen molar-refractivity contribution in [2.45, 2.75) is 13.8 Å². The number of benzene rings is 2. The maximum Gasteiger partial charge on any atom is 0.266 e. The normalized spacial score (nSPS) is 10.7. The van der Waals surface area contributed by atoms with E-state index in [2.05, 4.69) is 31.7 Å². The molecule has 0 atom stereocenters. The van der Waals surface area contributed by atoms with Gasteiger partial charge in [-0.3, -0.25) is 19.2 Å². The molecule has 2 aromatic rings. The number of carbonyl (C=O) groups excluding carboxylic acids is 4. The molecule has 0 unspecified atom stereocenters. The van der Waals surface area contributed by atoms with Gasteiger partial charge in [0.2, 0.25) is 11.8 Å². The van der Waals surface area contributed by atoms with Crippen LogP contribution in [0.3, 0.4) is 0 Å². The number of nitrogens with zero attached hydrogens (tertiary/aromatic N) is 2. The molecule has 0 radical (unpaired) electrons. The molecule has 0 heterocycles. The fourth-order valence-corrected chi connectivity index (χ4v) is 2.37. The lowest BCUT2D eigenvalue weighted by atomic mass is 10.2. The van der Waals surface area contributed by atoms with E-state index < -0.39 is 11.8 Å². The highest BCUT2D eigenvalue weighted by molar-refractivity contribution is 5.90. The van der Waals surface area contributed by atoms with E-state index in [1.54, 1.807) is 48.5 Å². The Morgan fingerprint density at radius 2 is 1.06 bits per heavy atom. The van der Waals surface area contributed by atoms with Crippen LogP contribution in [0.15, 0.2) is 58.7 Å². The molecule has 2 rings (SSSR count). The molecule has 0 aromatic heterocycles. The largest absolute Gasteiger partial charge is 0.362 e. The minimum atomic E-state index is -0.531. The molecule has 4 N–H and O–H groups in total. The van der Waals surface area contributed by atoms with Crippen LogP contribution in [-0.4, -0.2) is 49.3 Å². The first-order valence-electron chi connectivity index (χ1n) is 9.78. The number of amides is 4. The van der Waals surface area contributed by atoms with Gasteiger partial charge in [-0.05, 0) is 35.4 Å². The summed E-state index contributed by atoms with van der Waals surface area (Å²) in [6.45, 7) is 2.11. The summed E-state index contributed by atoms with van der Waals surface area (Å²) < 4.78 is 5.02. The molecule has 0 bridgehead atoms. The van der Waals surface area contributed by atoms with Crippen LogP contribution in [0.2, 0.25) is 0 Å². The topological polar surface area (TPSA) is 150 Å². The summed E-state index contributed by atoms with van der Waals surface area (Å²) in [5.74, 6) is -1.40. The van der Waals surface area contributed by atoms with Crippen LogP contribution in [0, 0.1) is 0 Å². The number of nitrogens with one attached hydrogen (secondary N) is 4. The molecule has 0 saturated carbocycles. The van der Waals surface area contributed by atoms with E-state index in [4.69, 9.17) is 4.74 Å². The zero-order valence-corrected chi connectivity index (χ0v) is 18.1. The van der Waals surface area contributed by atoms with E-state index in [0.29, 0.717) is 22.5 Å². The highest BCUT2D eigenvalue weighted by Crippen LogP contribution is 2.08. The van der Waals surface area contributed by atoms with Crippen LogP contribution in [0.25, 0.3) is 0 Å². The second-order valence-corrected chi connectivity index (χ2v) is 6.69. The Labute approximate surface area is 190 Å². The first-order chi connectivity index (χ1) is 15.8. The number of hydrazone groups is 2. The van der Waals surface area contributed by atoms with Crippen molar-refractivity contribution in [3.8, 4) is 0 Å². The standard InChI is InChI=1S/C22H24N6O5/c1-15(29)25-19-7-3-17(4-8-19)11-23-27-21(31)13-33-14-22(32)28-24-12-18-5-9-20(10-6-18)26-16(2)30/h3-12H,13-14H2,1-2H3,(H,25,29)(H,26,30)(H,27,31)(H,28,32)/b23-11+,24-12+. The van der Waals surface area contributed by atoms with Gasteiger partial charge in [0, 0.05) is 25.2 Å². The third-order valence-electron chi connectivity index (χ3n) is 3.73. The van der Waals surface area contributed by atoms with Gasteiger partial charge in [0.05, 0.1) is 12.4 Å². The Hall–Kier alpha value is -4.38. The summed E-state index contributed by atoms with van der Waals surface area (Å²) in [5.41, 5.74) is 7.30. The number of rotatable bonds is 10. The zero-order valence-electron chi connectivity index (χ0n) is 18.1. The minimum absolute atomic E-state index is 0.168. The van der Waals surface area contributed by atoms with Crippen LogP contribution in [-0.2, 0) is 23.9 Å². The molecule has 0 saturated heterocycles. The SMILES string of the molecule is CC(=O)Nc1ccc(/C=N/NC(=O)COCC(=O)N/N=C/c2ccc(NC(C)=O)cc2)cc1. The molecular formula is C22H24N6O5. The van der Waals surface area contributed by atoms with Crippen molar-refractivity contribution in [3.63, 3.8) is 0 Å². The van der Waals surface area contributed by atoms with E-state index in [1.165, 1.54) is 26.3 Å². The predicted molar refractivity (Wildman–Crippen MR) is 124 cm³/mol. The molecule has 0 aliphatic carbocycles. The highest BCUT2D eigenvalue weighted by atomic mass is 16.5. The summed E-state index contributed by atoms with van der Waals surface area (Å²) in [6.07, 6.45) is 2.86. The molecule has 172 valence electrons. The van der Waals surface area contributed by atoms with E-state index in [0.717, 1.165) is 0 Å². The number of hydrogen-bond acceptors (Lipinski definition) is 7. The maximum absolute atomic E-state index is 11.7. The monoisotopic (exact) mass is 452 g/mol. The van der Waals surface area contributed by atoms with Crippen LogP contribution < -0.4 is 21.5 Å². The van der Waals surface area contributed by atoms with Crippen molar-refractivity contribution >= 4 is 47.4 Å². The molecule has 11 nitrogen and oxygen atoms in total. The van der Waals surface area contributed by atoms with Crippen molar-refractivity contribution in [2.75, 3.05) is 23.8 Å². The minimum Gasteiger partial charge on any atom is -0.362 e. The summed E-state index contributed by atoms with van der Waals surface area (Å²) in [5, 5.41) is 12.9. The van der Waals surface area contributed by atoms with E-state index in [-0.39, 0.29) is 25.0 Å². The van der Waals surface area contributed by atoms with Gasteiger partial charge in [-0.2, -0.15) is 10.2 Å². The molecule has 11 heteroatoms. The van der Waals surface area contributed by atoms with Gasteiger partial charge in [-0.25, -0.2) is 10.9 Å². The second-order valence-electron chi connectivity index (χ2n) is 6.69. The van der Waals surface area contributed by atoms with Crippen molar-refractivity contribution in [2.24, 2.45) is 10.2 Å². The van der Waals surface area contributed by atoms with E-state index in [9.17, 15) is 19.2 Å². The second kappa shape index (κ2) is 13.1. The summed E-state index contributed by atoms with van der Waals surface area (Å²) in [6, 6.07) is 13.7. The molecule has 2 aromatic carbocycles. The Bertz CT molecular complexity index is 949. The van der Waals surface area contributed by atoms with Gasteiger partial charge in [0.1, 0.15) is 13.2 Å². The van der Waals surface area contributed by atoms with Crippen LogP contribution >= 0.6 is 0 Å². The molecule has 0 fully saturated rings. The first kappa shape index (κ1) is 24.9. The zero-order chi connectivity index (χ0) is 24.1. The van der Waals surface area contributed by atoms with Crippen molar-refractivity contribution in [1.82, 2.24) is 10.9 Å². The average molecular weight is 452 g/mol. The van der Waals surface area contributed by atoms with Gasteiger partial charge < -0.3 is 15.4 Å². The Morgan fingerprint density at radius 1 is 0.697 bits per heavy atom. The Kier molecular flexibility index (Phi) is 9.90. The van der Waals surface area contributed by atoms with Gasteiger partial charge in [0.15, 0.2) is 0 Å². The summed E-state index contributed by atoms with van der Waals surface area (Å²) in [7, 11) is 0. The molecule has 0 spiro atoms. The van der Waals surface area contributed by atoms with E-state index >= 15 is 0 Å². The lowest BCUT2D eigenvalue weighted by Crippen LogP contribution is -2.28. The molecule has 0 aliphatic rings. The molecule has 0 aliphatic heterocycles. The average Bonchev–Trinajstić information content (AvgIpc) is 2.75. The van der Waals surface area contributed by atoms with Gasteiger partial charge in [-0.15, -0.1) is 0 Å². The number of anilines is 2. The van der Waals surface area contributed by atoms with Crippen LogP contribution in [0.1, 0.15) is 25.0 Å². The van der Waals surface area contributed by atoms with Gasteiger partial charge in [0.25, 0.3) is 11.8 Å². The van der Waals surface area contributed by atoms with Crippen molar-refractivity contribution < 1.29 is 23.9 Å². The lowest BCUT2D eigenvalue weighted by molar-refractivity contribution is -0.131. The smallest absolute Gasteiger partial charge is 0.266 e. The first-order valence-corrected chi connectivity index (χ1v) is 9.78. The third kappa shape index (κ3) is 10.5. The third-order valence-corrected chi connectivity index (χ3v) is 3.73. The highest BCUT2D eigenvalue weighted by Gasteiger charge is 2.04. The van der Waals surface area contributed by atoms with Gasteiger partial charge >= 0.3 is 0 Å². The quantitative estimate of drug-likeness (QED) is 0.316. The summed E-state index contributed by atoms with van der Waals surface area (Å²) in [4.78, 5) is 45.4. The number of hydrogen-bond donors (Lipinski definition) is 4. The number of carbonyl (C=O) groups is 4. The fourth-order valence-electron chi connectivity index (χ4n) is 2.37. The van der Waals surface area contributed by atoms with Crippen LogP contribution in [0.5, 0.6) is 0 Å². The summed E-state index contributed by atoms with van der Waals surface area (Å²) >= 11 is 0. The molecule has 33 heavy (non-hydrogen) atoms. The van der Waals surface area contributed by atoms with E-state index in [1.807, 2.05) is 0 Å². The maximum atomic E-state index is 11.7. The number of ether oxygens (including phenoxy) is 1.